The van der Waals surface area contributed by atoms with Crippen LogP contribution < -0.4 is 5.32 Å². The summed E-state index contributed by atoms with van der Waals surface area (Å²) in [6, 6.07) is -0.579. The average Bonchev–Trinajstić information content (AvgIpc) is 2.48. The SMILES string of the molecule is CCC1C(=O)NC(C(C)C)C(=O)N1C1CCCC(OC)C1. The smallest absolute Gasteiger partial charge is 0.246 e. The zero-order chi connectivity index (χ0) is 15.6. The number of methoxy groups -OCH3 is 1. The van der Waals surface area contributed by atoms with Crippen molar-refractivity contribution >= 4 is 11.8 Å². The quantitative estimate of drug-likeness (QED) is 0.859. The molecule has 0 aromatic carbocycles. The molecule has 5 heteroatoms. The Labute approximate surface area is 127 Å². The van der Waals surface area contributed by atoms with Gasteiger partial charge in [-0.2, -0.15) is 0 Å². The number of nitrogens with one attached hydrogen (secondary N) is 1. The highest BCUT2D eigenvalue weighted by Gasteiger charge is 2.44. The van der Waals surface area contributed by atoms with E-state index < -0.39 is 0 Å². The van der Waals surface area contributed by atoms with Crippen LogP contribution in [-0.4, -0.2) is 48.1 Å². The lowest BCUT2D eigenvalue weighted by Gasteiger charge is -2.46. The van der Waals surface area contributed by atoms with E-state index >= 15 is 0 Å². The summed E-state index contributed by atoms with van der Waals surface area (Å²) in [4.78, 5) is 27.1. The molecule has 1 N–H and O–H groups in total. The van der Waals surface area contributed by atoms with Gasteiger partial charge in [-0.3, -0.25) is 9.59 Å². The Balaban J connectivity index is 2.22. The van der Waals surface area contributed by atoms with Gasteiger partial charge in [-0.25, -0.2) is 0 Å². The maximum atomic E-state index is 12.8. The van der Waals surface area contributed by atoms with E-state index in [2.05, 4.69) is 5.32 Å². The number of carbonyl (C=O) groups is 2. The van der Waals surface area contributed by atoms with Crippen LogP contribution in [0.15, 0.2) is 0 Å². The molecule has 2 aliphatic rings. The molecule has 0 spiro atoms. The summed E-state index contributed by atoms with van der Waals surface area (Å²) in [7, 11) is 1.73. The summed E-state index contributed by atoms with van der Waals surface area (Å²) in [6.07, 6.45) is 4.79. The molecule has 1 heterocycles. The third kappa shape index (κ3) is 3.23. The van der Waals surface area contributed by atoms with Crippen LogP contribution >= 0.6 is 0 Å². The summed E-state index contributed by atoms with van der Waals surface area (Å²) in [5.74, 6) is 0.192. The second-order valence-electron chi connectivity index (χ2n) is 6.58. The van der Waals surface area contributed by atoms with Crippen LogP contribution in [0.4, 0.5) is 0 Å². The Hall–Kier alpha value is -1.10. The van der Waals surface area contributed by atoms with E-state index in [1.54, 1.807) is 7.11 Å². The van der Waals surface area contributed by atoms with Crippen molar-refractivity contribution in [2.24, 2.45) is 5.92 Å². The van der Waals surface area contributed by atoms with Gasteiger partial charge in [0.05, 0.1) is 6.10 Å². The van der Waals surface area contributed by atoms with Crippen LogP contribution in [0, 0.1) is 5.92 Å². The van der Waals surface area contributed by atoms with Crippen LogP contribution in [0.25, 0.3) is 0 Å². The molecule has 1 aliphatic heterocycles. The van der Waals surface area contributed by atoms with Gasteiger partial charge >= 0.3 is 0 Å². The fourth-order valence-corrected chi connectivity index (χ4v) is 3.61. The summed E-state index contributed by atoms with van der Waals surface area (Å²) in [5.41, 5.74) is 0. The lowest BCUT2D eigenvalue weighted by atomic mass is 9.87. The lowest BCUT2D eigenvalue weighted by molar-refractivity contribution is -0.155. The standard InChI is InChI=1S/C16H28N2O3/c1-5-13-15(19)17-14(10(2)3)16(20)18(13)11-7-6-8-12(9-11)21-4/h10-14H,5-9H2,1-4H3,(H,17,19). The van der Waals surface area contributed by atoms with E-state index in [0.717, 1.165) is 25.7 Å². The largest absolute Gasteiger partial charge is 0.381 e. The number of amides is 2. The summed E-state index contributed by atoms with van der Waals surface area (Å²) >= 11 is 0. The summed E-state index contributed by atoms with van der Waals surface area (Å²) < 4.78 is 5.48. The topological polar surface area (TPSA) is 58.6 Å². The van der Waals surface area contributed by atoms with Gasteiger partial charge in [0.1, 0.15) is 12.1 Å². The van der Waals surface area contributed by atoms with E-state index in [9.17, 15) is 9.59 Å². The van der Waals surface area contributed by atoms with Crippen molar-refractivity contribution in [2.45, 2.75) is 77.1 Å². The highest BCUT2D eigenvalue weighted by atomic mass is 16.5. The lowest BCUT2D eigenvalue weighted by Crippen LogP contribution is -2.67. The number of carbonyl (C=O) groups excluding carboxylic acids is 2. The number of ether oxygens (including phenoxy) is 1. The van der Waals surface area contributed by atoms with E-state index in [1.165, 1.54) is 0 Å². The van der Waals surface area contributed by atoms with Gasteiger partial charge in [0.25, 0.3) is 0 Å². The first kappa shape index (κ1) is 16.3. The third-order valence-electron chi connectivity index (χ3n) is 4.84. The van der Waals surface area contributed by atoms with Crippen molar-refractivity contribution < 1.29 is 14.3 Å². The maximum absolute atomic E-state index is 12.8. The van der Waals surface area contributed by atoms with Crippen LogP contribution in [-0.2, 0) is 14.3 Å². The molecular weight excluding hydrogens is 268 g/mol. The Morgan fingerprint density at radius 1 is 1.33 bits per heavy atom. The first-order chi connectivity index (χ1) is 9.99. The first-order valence-corrected chi connectivity index (χ1v) is 8.14. The molecule has 1 aliphatic carbocycles. The second-order valence-corrected chi connectivity index (χ2v) is 6.58. The normalized spacial score (nSPS) is 34.2. The summed E-state index contributed by atoms with van der Waals surface area (Å²) in [6.45, 7) is 5.93. The highest BCUT2D eigenvalue weighted by Crippen LogP contribution is 2.30. The van der Waals surface area contributed by atoms with Crippen LogP contribution in [0.3, 0.4) is 0 Å². The summed E-state index contributed by atoms with van der Waals surface area (Å²) in [5, 5.41) is 2.90. The fraction of sp³-hybridized carbons (Fsp3) is 0.875. The molecule has 0 bridgehead atoms. The number of hydrogen-bond donors (Lipinski definition) is 1. The zero-order valence-corrected chi connectivity index (χ0v) is 13.6. The molecule has 0 aromatic rings. The van der Waals surface area contributed by atoms with Gasteiger partial charge in [0.2, 0.25) is 11.8 Å². The molecule has 1 saturated carbocycles. The van der Waals surface area contributed by atoms with Crippen molar-refractivity contribution in [2.75, 3.05) is 7.11 Å². The molecule has 120 valence electrons. The minimum Gasteiger partial charge on any atom is -0.381 e. The van der Waals surface area contributed by atoms with Gasteiger partial charge in [0.15, 0.2) is 0 Å². The molecule has 2 fully saturated rings. The van der Waals surface area contributed by atoms with Crippen molar-refractivity contribution in [3.05, 3.63) is 0 Å². The molecule has 0 aromatic heterocycles. The van der Waals surface area contributed by atoms with Gasteiger partial charge in [-0.05, 0) is 38.0 Å². The molecule has 4 unspecified atom stereocenters. The van der Waals surface area contributed by atoms with Crippen molar-refractivity contribution in [1.82, 2.24) is 10.2 Å². The Bertz CT molecular complexity index is 397. The second kappa shape index (κ2) is 6.77. The van der Waals surface area contributed by atoms with E-state index in [-0.39, 0.29) is 42.0 Å². The van der Waals surface area contributed by atoms with Crippen LogP contribution in [0.5, 0.6) is 0 Å². The Morgan fingerprint density at radius 3 is 2.62 bits per heavy atom. The third-order valence-corrected chi connectivity index (χ3v) is 4.84. The van der Waals surface area contributed by atoms with Gasteiger partial charge in [0, 0.05) is 13.2 Å². The molecular formula is C16H28N2O3. The minimum absolute atomic E-state index is 0.00431. The predicted octanol–water partition coefficient (Wildman–Crippen LogP) is 1.71. The van der Waals surface area contributed by atoms with Gasteiger partial charge in [-0.15, -0.1) is 0 Å². The number of nitrogens with zero attached hydrogens (tertiary/aromatic N) is 1. The number of hydrogen-bond acceptors (Lipinski definition) is 3. The first-order valence-electron chi connectivity index (χ1n) is 8.14. The molecule has 21 heavy (non-hydrogen) atoms. The highest BCUT2D eigenvalue weighted by molar-refractivity contribution is 5.97. The maximum Gasteiger partial charge on any atom is 0.246 e. The fourth-order valence-electron chi connectivity index (χ4n) is 3.61. The van der Waals surface area contributed by atoms with Crippen molar-refractivity contribution in [3.63, 3.8) is 0 Å². The monoisotopic (exact) mass is 296 g/mol. The van der Waals surface area contributed by atoms with Gasteiger partial charge in [-0.1, -0.05) is 20.8 Å². The molecule has 1 saturated heterocycles. The predicted molar refractivity (Wildman–Crippen MR) is 80.7 cm³/mol. The van der Waals surface area contributed by atoms with Crippen LogP contribution in [0.1, 0.15) is 52.9 Å². The minimum atomic E-state index is -0.386. The van der Waals surface area contributed by atoms with Gasteiger partial charge < -0.3 is 15.0 Å². The van der Waals surface area contributed by atoms with Crippen LogP contribution in [0.2, 0.25) is 0 Å². The zero-order valence-electron chi connectivity index (χ0n) is 13.6. The number of piperazine rings is 1. The molecule has 5 nitrogen and oxygen atoms in total. The Morgan fingerprint density at radius 2 is 2.05 bits per heavy atom. The molecule has 2 amide bonds. The number of rotatable bonds is 4. The van der Waals surface area contributed by atoms with E-state index in [0.29, 0.717) is 6.42 Å². The van der Waals surface area contributed by atoms with Crippen molar-refractivity contribution in [3.8, 4) is 0 Å². The van der Waals surface area contributed by atoms with E-state index in [4.69, 9.17) is 4.74 Å². The molecule has 0 radical (unpaired) electrons. The Kier molecular flexibility index (Phi) is 5.25. The molecule has 4 atom stereocenters. The molecule has 2 rings (SSSR count). The van der Waals surface area contributed by atoms with E-state index in [1.807, 2.05) is 25.7 Å². The average molecular weight is 296 g/mol. The van der Waals surface area contributed by atoms with Crippen molar-refractivity contribution in [1.29, 1.82) is 0 Å².